The molecule has 150 valence electrons. The molecule has 29 heavy (non-hydrogen) atoms. The summed E-state index contributed by atoms with van der Waals surface area (Å²) in [5, 5.41) is 8.78. The first-order valence-electron chi connectivity index (χ1n) is 9.07. The van der Waals surface area contributed by atoms with E-state index in [1.54, 1.807) is 25.2 Å². The molecule has 1 fully saturated rings. The zero-order valence-electron chi connectivity index (χ0n) is 15.9. The lowest BCUT2D eigenvalue weighted by molar-refractivity contribution is -0.118. The zero-order valence-corrected chi connectivity index (χ0v) is 17.4. The molecule has 1 aliphatic heterocycles. The van der Waals surface area contributed by atoms with Crippen molar-refractivity contribution in [2.24, 2.45) is 0 Å². The number of hydrogen-bond donors (Lipinski definition) is 3. The third-order valence-corrected chi connectivity index (χ3v) is 5.93. The van der Waals surface area contributed by atoms with E-state index in [2.05, 4.69) is 22.5 Å². The van der Waals surface area contributed by atoms with E-state index in [1.165, 1.54) is 0 Å². The number of fused-ring (bicyclic) bond motifs is 2. The summed E-state index contributed by atoms with van der Waals surface area (Å²) in [6.45, 7) is 5.53. The number of nitrogens with one attached hydrogen (secondary N) is 3. The van der Waals surface area contributed by atoms with Crippen molar-refractivity contribution in [3.63, 3.8) is 0 Å². The van der Waals surface area contributed by atoms with Crippen LogP contribution < -0.4 is 20.7 Å². The summed E-state index contributed by atoms with van der Waals surface area (Å²) in [5.74, 6) is 0.515. The lowest BCUT2D eigenvalue weighted by Crippen LogP contribution is -2.21. The van der Waals surface area contributed by atoms with Gasteiger partial charge in [-0.2, -0.15) is 0 Å². The van der Waals surface area contributed by atoms with Crippen molar-refractivity contribution in [2.75, 3.05) is 17.7 Å². The first-order chi connectivity index (χ1) is 13.8. The van der Waals surface area contributed by atoms with Crippen molar-refractivity contribution in [1.82, 2.24) is 5.32 Å². The maximum atomic E-state index is 12.3. The van der Waals surface area contributed by atoms with Crippen LogP contribution in [0.3, 0.4) is 0 Å². The van der Waals surface area contributed by atoms with Gasteiger partial charge in [0.15, 0.2) is 5.75 Å². The quantitative estimate of drug-likeness (QED) is 0.596. The van der Waals surface area contributed by atoms with E-state index in [-0.39, 0.29) is 27.4 Å². The van der Waals surface area contributed by atoms with Crippen molar-refractivity contribution in [1.29, 1.82) is 0 Å². The maximum Gasteiger partial charge on any atom is 0.271 e. The van der Waals surface area contributed by atoms with E-state index >= 15 is 0 Å². The topological polar surface area (TPSA) is 79.5 Å². The number of likely N-dealkylation sites (N-methyl/N-ethyl adjacent to an activating group) is 1. The van der Waals surface area contributed by atoms with Gasteiger partial charge in [0, 0.05) is 18.4 Å². The van der Waals surface area contributed by atoms with Crippen molar-refractivity contribution >= 4 is 46.4 Å². The minimum absolute atomic E-state index is 0.0482. The average molecular weight is 432 g/mol. The second-order valence-electron chi connectivity index (χ2n) is 7.20. The smallest absolute Gasteiger partial charge is 0.271 e. The molecule has 0 unspecified atom stereocenters. The van der Waals surface area contributed by atoms with Crippen LogP contribution in [0.2, 0.25) is 10.0 Å². The van der Waals surface area contributed by atoms with Gasteiger partial charge in [-0.3, -0.25) is 9.59 Å². The number of rotatable bonds is 5. The summed E-state index contributed by atoms with van der Waals surface area (Å²) in [4.78, 5) is 24.3. The van der Waals surface area contributed by atoms with Crippen LogP contribution in [0.15, 0.2) is 36.5 Å². The van der Waals surface area contributed by atoms with Gasteiger partial charge < -0.3 is 20.7 Å². The zero-order chi connectivity index (χ0) is 20.9. The standard InChI is InChI=1S/C21H19Cl2N3O3/c1-10-16(5-4-15-17(10)21(6-7-21)20(28)26-15)29-18-13(22)8-12(9-14(18)23)25-19(27)11(2)24-3/h4-5,8-9,24H,2,6-7H2,1,3H3,(H,25,27)(H,26,28). The van der Waals surface area contributed by atoms with Gasteiger partial charge in [-0.1, -0.05) is 29.8 Å². The number of carbonyl (C=O) groups is 2. The first kappa shape index (κ1) is 19.6. The number of amides is 2. The van der Waals surface area contributed by atoms with Gasteiger partial charge >= 0.3 is 0 Å². The van der Waals surface area contributed by atoms with Gasteiger partial charge in [-0.25, -0.2) is 0 Å². The largest absolute Gasteiger partial charge is 0.454 e. The van der Waals surface area contributed by atoms with Gasteiger partial charge in [0.05, 0.1) is 21.2 Å². The lowest BCUT2D eigenvalue weighted by atomic mass is 9.93. The number of benzene rings is 2. The Balaban J connectivity index is 1.63. The number of ether oxygens (including phenoxy) is 1. The Morgan fingerprint density at radius 3 is 2.48 bits per heavy atom. The minimum Gasteiger partial charge on any atom is -0.454 e. The summed E-state index contributed by atoms with van der Waals surface area (Å²) in [6, 6.07) is 6.73. The molecule has 0 bridgehead atoms. The van der Waals surface area contributed by atoms with E-state index in [0.29, 0.717) is 11.4 Å². The fourth-order valence-corrected chi connectivity index (χ4v) is 4.21. The van der Waals surface area contributed by atoms with Crippen LogP contribution in [0.4, 0.5) is 11.4 Å². The molecule has 0 aromatic heterocycles. The van der Waals surface area contributed by atoms with E-state index in [4.69, 9.17) is 27.9 Å². The third-order valence-electron chi connectivity index (χ3n) is 5.37. The number of halogens is 2. The van der Waals surface area contributed by atoms with Crippen molar-refractivity contribution in [3.8, 4) is 11.5 Å². The van der Waals surface area contributed by atoms with Crippen LogP contribution in [-0.2, 0) is 15.0 Å². The van der Waals surface area contributed by atoms with Crippen LogP contribution in [-0.4, -0.2) is 18.9 Å². The summed E-state index contributed by atoms with van der Waals surface area (Å²) < 4.78 is 6.04. The first-order valence-corrected chi connectivity index (χ1v) is 9.83. The Hall–Kier alpha value is -2.70. The Kier molecular flexibility index (Phi) is 4.71. The fraction of sp³-hybridized carbons (Fsp3) is 0.238. The van der Waals surface area contributed by atoms with E-state index in [9.17, 15) is 9.59 Å². The fourth-order valence-electron chi connectivity index (χ4n) is 3.64. The predicted octanol–water partition coefficient (Wildman–Crippen LogP) is 4.75. The summed E-state index contributed by atoms with van der Waals surface area (Å²) in [5.41, 5.74) is 2.91. The van der Waals surface area contributed by atoms with E-state index < -0.39 is 11.3 Å². The number of hydrogen-bond acceptors (Lipinski definition) is 4. The Morgan fingerprint density at radius 1 is 1.24 bits per heavy atom. The van der Waals surface area contributed by atoms with Gasteiger partial charge in [0.1, 0.15) is 5.75 Å². The summed E-state index contributed by atoms with van der Waals surface area (Å²) in [6.07, 6.45) is 1.67. The van der Waals surface area contributed by atoms with Gasteiger partial charge in [-0.05, 0) is 55.2 Å². The van der Waals surface area contributed by atoms with Gasteiger partial charge in [0.25, 0.3) is 5.91 Å². The SMILES string of the molecule is C=C(NC)C(=O)Nc1cc(Cl)c(Oc2ccc3c(c2C)C2(CC2)C(=O)N3)c(Cl)c1. The second kappa shape index (κ2) is 6.97. The normalized spacial score (nSPS) is 15.5. The third kappa shape index (κ3) is 3.22. The molecule has 1 saturated carbocycles. The molecule has 0 atom stereocenters. The summed E-state index contributed by atoms with van der Waals surface area (Å²) >= 11 is 12.8. The maximum absolute atomic E-state index is 12.3. The van der Waals surface area contributed by atoms with Crippen molar-refractivity contribution < 1.29 is 14.3 Å². The molecule has 4 rings (SSSR count). The molecule has 6 nitrogen and oxygen atoms in total. The van der Waals surface area contributed by atoms with Crippen LogP contribution in [0.25, 0.3) is 0 Å². The molecule has 0 radical (unpaired) electrons. The molecular formula is C21H19Cl2N3O3. The highest BCUT2D eigenvalue weighted by Crippen LogP contribution is 2.57. The predicted molar refractivity (Wildman–Crippen MR) is 114 cm³/mol. The molecule has 1 spiro atoms. The van der Waals surface area contributed by atoms with E-state index in [1.807, 2.05) is 13.0 Å². The van der Waals surface area contributed by atoms with E-state index in [0.717, 1.165) is 29.7 Å². The highest BCUT2D eigenvalue weighted by molar-refractivity contribution is 6.37. The van der Waals surface area contributed by atoms with Crippen LogP contribution in [0.1, 0.15) is 24.0 Å². The Bertz CT molecular complexity index is 1050. The molecule has 2 aromatic carbocycles. The molecule has 2 aromatic rings. The molecule has 3 N–H and O–H groups in total. The van der Waals surface area contributed by atoms with Gasteiger partial charge in [0.2, 0.25) is 5.91 Å². The van der Waals surface area contributed by atoms with Crippen molar-refractivity contribution in [3.05, 3.63) is 57.7 Å². The monoisotopic (exact) mass is 431 g/mol. The molecule has 2 aliphatic rings. The van der Waals surface area contributed by atoms with Gasteiger partial charge in [-0.15, -0.1) is 0 Å². The Labute approximate surface area is 178 Å². The minimum atomic E-state index is -0.420. The number of carbonyl (C=O) groups excluding carboxylic acids is 2. The molecular weight excluding hydrogens is 413 g/mol. The van der Waals surface area contributed by atoms with Crippen LogP contribution >= 0.6 is 23.2 Å². The molecule has 0 saturated heterocycles. The van der Waals surface area contributed by atoms with Crippen molar-refractivity contribution in [2.45, 2.75) is 25.2 Å². The highest BCUT2D eigenvalue weighted by atomic mass is 35.5. The molecule has 1 heterocycles. The second-order valence-corrected chi connectivity index (χ2v) is 8.02. The lowest BCUT2D eigenvalue weighted by Gasteiger charge is -2.17. The van der Waals surface area contributed by atoms with Crippen LogP contribution in [0.5, 0.6) is 11.5 Å². The molecule has 1 aliphatic carbocycles. The highest BCUT2D eigenvalue weighted by Gasteiger charge is 2.57. The number of anilines is 2. The molecule has 2 amide bonds. The average Bonchev–Trinajstić information content (AvgIpc) is 3.41. The molecule has 8 heteroatoms. The van der Waals surface area contributed by atoms with Crippen LogP contribution in [0, 0.1) is 6.92 Å². The Morgan fingerprint density at radius 2 is 1.90 bits per heavy atom. The summed E-state index contributed by atoms with van der Waals surface area (Å²) in [7, 11) is 1.60.